The Bertz CT molecular complexity index is 397. The Kier molecular flexibility index (Phi) is 4.84. The van der Waals surface area contributed by atoms with Crippen molar-refractivity contribution >= 4 is 5.69 Å². The number of hydrogen-bond acceptors (Lipinski definition) is 3. The van der Waals surface area contributed by atoms with Crippen molar-refractivity contribution in [2.24, 2.45) is 0 Å². The van der Waals surface area contributed by atoms with Gasteiger partial charge in [-0.15, -0.1) is 0 Å². The molecule has 0 saturated carbocycles. The van der Waals surface area contributed by atoms with Crippen LogP contribution in [0.15, 0.2) is 24.3 Å². The first-order valence-electron chi connectivity index (χ1n) is 6.03. The van der Waals surface area contributed by atoms with Gasteiger partial charge < -0.3 is 10.1 Å². The van der Waals surface area contributed by atoms with Gasteiger partial charge in [0.2, 0.25) is 0 Å². The molecule has 1 N–H and O–H groups in total. The number of methoxy groups -OCH3 is 1. The minimum absolute atomic E-state index is 0.471. The first-order valence-corrected chi connectivity index (χ1v) is 6.03. The maximum absolute atomic E-state index is 9.35. The highest BCUT2D eigenvalue weighted by atomic mass is 16.5. The van der Waals surface area contributed by atoms with Gasteiger partial charge in [-0.2, -0.15) is 5.26 Å². The van der Waals surface area contributed by atoms with Crippen LogP contribution >= 0.6 is 0 Å². The number of nitrogens with one attached hydrogen (secondary N) is 1. The average molecular weight is 232 g/mol. The number of rotatable bonds is 6. The van der Waals surface area contributed by atoms with E-state index in [1.165, 1.54) is 0 Å². The van der Waals surface area contributed by atoms with E-state index in [9.17, 15) is 5.26 Å². The molecule has 1 aromatic rings. The van der Waals surface area contributed by atoms with E-state index in [1.807, 2.05) is 31.2 Å². The number of nitrogens with zero attached hydrogens (tertiary/aromatic N) is 1. The third kappa shape index (κ3) is 3.39. The molecule has 0 aliphatic carbocycles. The second-order valence-corrected chi connectivity index (χ2v) is 4.15. The molecule has 1 unspecified atom stereocenters. The van der Waals surface area contributed by atoms with Crippen LogP contribution in [0.5, 0.6) is 5.75 Å². The Morgan fingerprint density at radius 2 is 2.18 bits per heavy atom. The summed E-state index contributed by atoms with van der Waals surface area (Å²) in [5.41, 5.74) is 0.461. The summed E-state index contributed by atoms with van der Waals surface area (Å²) in [7, 11) is 1.64. The van der Waals surface area contributed by atoms with Crippen LogP contribution in [0.4, 0.5) is 5.69 Å². The van der Waals surface area contributed by atoms with E-state index in [4.69, 9.17) is 4.74 Å². The van der Waals surface area contributed by atoms with Crippen LogP contribution in [0.1, 0.15) is 33.1 Å². The largest absolute Gasteiger partial charge is 0.497 e. The Hall–Kier alpha value is -1.69. The fraction of sp³-hybridized carbons (Fsp3) is 0.500. The fourth-order valence-electron chi connectivity index (χ4n) is 1.89. The quantitative estimate of drug-likeness (QED) is 0.815. The second kappa shape index (κ2) is 6.15. The molecule has 0 fully saturated rings. The van der Waals surface area contributed by atoms with Gasteiger partial charge in [0.1, 0.15) is 11.3 Å². The molecule has 0 aliphatic rings. The standard InChI is InChI=1S/C14H20N2O/c1-4-9-14(5-2,11-15)16-12-7-6-8-13(10-12)17-3/h6-8,10,16H,4-5,9H2,1-3H3. The molecular weight excluding hydrogens is 212 g/mol. The summed E-state index contributed by atoms with van der Waals surface area (Å²) in [6.45, 7) is 4.13. The Morgan fingerprint density at radius 1 is 1.41 bits per heavy atom. The monoisotopic (exact) mass is 232 g/mol. The molecule has 1 atom stereocenters. The minimum atomic E-state index is -0.471. The number of hydrogen-bond donors (Lipinski definition) is 1. The maximum Gasteiger partial charge on any atom is 0.125 e. The summed E-state index contributed by atoms with van der Waals surface area (Å²) < 4.78 is 5.17. The van der Waals surface area contributed by atoms with E-state index in [0.29, 0.717) is 0 Å². The maximum atomic E-state index is 9.35. The third-order valence-electron chi connectivity index (χ3n) is 2.95. The molecule has 17 heavy (non-hydrogen) atoms. The molecule has 0 saturated heterocycles. The first kappa shape index (κ1) is 13.4. The molecule has 0 aromatic heterocycles. The fourth-order valence-corrected chi connectivity index (χ4v) is 1.89. The molecule has 0 spiro atoms. The van der Waals surface area contributed by atoms with E-state index in [-0.39, 0.29) is 0 Å². The predicted molar refractivity (Wildman–Crippen MR) is 70.2 cm³/mol. The SMILES string of the molecule is CCCC(C#N)(CC)Nc1cccc(OC)c1. The average Bonchev–Trinajstić information content (AvgIpc) is 2.38. The molecule has 0 radical (unpaired) electrons. The van der Waals surface area contributed by atoms with Crippen molar-refractivity contribution in [3.05, 3.63) is 24.3 Å². The minimum Gasteiger partial charge on any atom is -0.497 e. The molecule has 0 amide bonds. The zero-order chi connectivity index (χ0) is 12.7. The molecule has 3 heteroatoms. The highest BCUT2D eigenvalue weighted by molar-refractivity contribution is 5.51. The summed E-state index contributed by atoms with van der Waals surface area (Å²) in [5, 5.41) is 12.7. The zero-order valence-electron chi connectivity index (χ0n) is 10.8. The zero-order valence-corrected chi connectivity index (χ0v) is 10.8. The van der Waals surface area contributed by atoms with Gasteiger partial charge in [0.05, 0.1) is 13.2 Å². The van der Waals surface area contributed by atoms with Crippen LogP contribution in [-0.2, 0) is 0 Å². The van der Waals surface area contributed by atoms with E-state index < -0.39 is 5.54 Å². The van der Waals surface area contributed by atoms with Gasteiger partial charge >= 0.3 is 0 Å². The second-order valence-electron chi connectivity index (χ2n) is 4.15. The smallest absolute Gasteiger partial charge is 0.125 e. The van der Waals surface area contributed by atoms with Crippen molar-refractivity contribution in [2.75, 3.05) is 12.4 Å². The van der Waals surface area contributed by atoms with Gasteiger partial charge in [-0.25, -0.2) is 0 Å². The van der Waals surface area contributed by atoms with Gasteiger partial charge in [0.15, 0.2) is 0 Å². The highest BCUT2D eigenvalue weighted by Gasteiger charge is 2.26. The molecule has 0 bridgehead atoms. The van der Waals surface area contributed by atoms with Crippen molar-refractivity contribution in [3.63, 3.8) is 0 Å². The summed E-state index contributed by atoms with van der Waals surface area (Å²) in [4.78, 5) is 0. The molecule has 92 valence electrons. The van der Waals surface area contributed by atoms with Crippen molar-refractivity contribution in [2.45, 2.75) is 38.6 Å². The van der Waals surface area contributed by atoms with Crippen LogP contribution in [0.3, 0.4) is 0 Å². The van der Waals surface area contributed by atoms with Crippen LogP contribution in [0.2, 0.25) is 0 Å². The van der Waals surface area contributed by atoms with Crippen LogP contribution in [0.25, 0.3) is 0 Å². The van der Waals surface area contributed by atoms with Crippen molar-refractivity contribution in [3.8, 4) is 11.8 Å². The summed E-state index contributed by atoms with van der Waals surface area (Å²) in [5.74, 6) is 0.800. The van der Waals surface area contributed by atoms with Crippen molar-refractivity contribution < 1.29 is 4.74 Å². The van der Waals surface area contributed by atoms with Gasteiger partial charge in [-0.1, -0.05) is 26.3 Å². The van der Waals surface area contributed by atoms with E-state index in [0.717, 1.165) is 30.7 Å². The lowest BCUT2D eigenvalue weighted by Gasteiger charge is -2.27. The van der Waals surface area contributed by atoms with Crippen LogP contribution in [-0.4, -0.2) is 12.6 Å². The lowest BCUT2D eigenvalue weighted by atomic mass is 9.92. The number of nitriles is 1. The van der Waals surface area contributed by atoms with E-state index >= 15 is 0 Å². The Labute approximate surface area is 103 Å². The first-order chi connectivity index (χ1) is 8.19. The third-order valence-corrected chi connectivity index (χ3v) is 2.95. The lowest BCUT2D eigenvalue weighted by molar-refractivity contribution is 0.414. The molecule has 1 rings (SSSR count). The topological polar surface area (TPSA) is 45.0 Å². The molecule has 0 heterocycles. The van der Waals surface area contributed by atoms with Gasteiger partial charge in [-0.3, -0.25) is 0 Å². The van der Waals surface area contributed by atoms with Crippen LogP contribution < -0.4 is 10.1 Å². The Balaban J connectivity index is 2.89. The number of anilines is 1. The highest BCUT2D eigenvalue weighted by Crippen LogP contribution is 2.25. The Morgan fingerprint density at radius 3 is 2.71 bits per heavy atom. The van der Waals surface area contributed by atoms with Crippen molar-refractivity contribution in [1.82, 2.24) is 0 Å². The molecule has 1 aromatic carbocycles. The predicted octanol–water partition coefficient (Wildman–Crippen LogP) is 3.58. The molecular formula is C14H20N2O. The lowest BCUT2D eigenvalue weighted by Crippen LogP contribution is -2.35. The number of ether oxygens (including phenoxy) is 1. The number of benzene rings is 1. The van der Waals surface area contributed by atoms with Gasteiger partial charge in [0, 0.05) is 11.8 Å². The summed E-state index contributed by atoms with van der Waals surface area (Å²) in [6, 6.07) is 10.1. The molecule has 0 aliphatic heterocycles. The van der Waals surface area contributed by atoms with E-state index in [1.54, 1.807) is 7.11 Å². The molecule has 3 nitrogen and oxygen atoms in total. The van der Waals surface area contributed by atoms with Crippen LogP contribution in [0, 0.1) is 11.3 Å². The van der Waals surface area contributed by atoms with Gasteiger partial charge in [0.25, 0.3) is 0 Å². The summed E-state index contributed by atoms with van der Waals surface area (Å²) >= 11 is 0. The normalized spacial score (nSPS) is 13.5. The van der Waals surface area contributed by atoms with E-state index in [2.05, 4.69) is 18.3 Å². The summed E-state index contributed by atoms with van der Waals surface area (Å²) in [6.07, 6.45) is 2.62. The van der Waals surface area contributed by atoms with Crippen molar-refractivity contribution in [1.29, 1.82) is 5.26 Å². The van der Waals surface area contributed by atoms with Gasteiger partial charge in [-0.05, 0) is 25.0 Å².